The molecule has 0 aromatic heterocycles. The van der Waals surface area contributed by atoms with E-state index in [1.165, 1.54) is 12.1 Å². The number of hydrogen-bond acceptors (Lipinski definition) is 3. The van der Waals surface area contributed by atoms with Crippen LogP contribution in [0.15, 0.2) is 18.2 Å². The van der Waals surface area contributed by atoms with Gasteiger partial charge in [-0.3, -0.25) is 0 Å². The van der Waals surface area contributed by atoms with E-state index in [0.29, 0.717) is 24.8 Å². The lowest BCUT2D eigenvalue weighted by molar-refractivity contribution is -0.275. The number of fused-ring (bicyclic) bond motifs is 1. The predicted octanol–water partition coefficient (Wildman–Crippen LogP) is 3.96. The van der Waals surface area contributed by atoms with Crippen molar-refractivity contribution >= 4 is 0 Å². The Hall–Kier alpha value is -1.43. The summed E-state index contributed by atoms with van der Waals surface area (Å²) in [4.78, 5) is 0. The van der Waals surface area contributed by atoms with E-state index in [1.807, 2.05) is 13.8 Å². The van der Waals surface area contributed by atoms with Crippen molar-refractivity contribution in [2.45, 2.75) is 51.2 Å². The molecule has 0 aliphatic carbocycles. The van der Waals surface area contributed by atoms with E-state index in [4.69, 9.17) is 4.74 Å². The standard InChI is InChI=1S/C14H17F3O3/c1-3-13(4-2)8-10(18)9-6-5-7-11(12(9)20-13)19-14(15,16)17/h5-7,10,18H,3-4,8H2,1-2H3/t10-/m0/s1. The number of ether oxygens (including phenoxy) is 2. The van der Waals surface area contributed by atoms with Crippen molar-refractivity contribution in [1.82, 2.24) is 0 Å². The van der Waals surface area contributed by atoms with Crippen LogP contribution in [-0.4, -0.2) is 17.1 Å². The molecule has 0 bridgehead atoms. The first kappa shape index (κ1) is 15.0. The molecule has 0 spiro atoms. The summed E-state index contributed by atoms with van der Waals surface area (Å²) in [5.41, 5.74) is -0.318. The Labute approximate surface area is 115 Å². The predicted molar refractivity (Wildman–Crippen MR) is 66.6 cm³/mol. The molecule has 1 aliphatic heterocycles. The van der Waals surface area contributed by atoms with Crippen LogP contribution < -0.4 is 9.47 Å². The summed E-state index contributed by atoms with van der Waals surface area (Å²) in [6.45, 7) is 3.77. The van der Waals surface area contributed by atoms with Gasteiger partial charge < -0.3 is 14.6 Å². The minimum absolute atomic E-state index is 0.00715. The molecule has 1 aromatic carbocycles. The Kier molecular flexibility index (Phi) is 3.86. The molecule has 2 rings (SSSR count). The van der Waals surface area contributed by atoms with Gasteiger partial charge in [-0.2, -0.15) is 0 Å². The van der Waals surface area contributed by atoms with E-state index >= 15 is 0 Å². The average molecular weight is 290 g/mol. The second-order valence-corrected chi connectivity index (χ2v) is 4.93. The molecule has 0 saturated carbocycles. The van der Waals surface area contributed by atoms with E-state index in [1.54, 1.807) is 6.07 Å². The Balaban J connectivity index is 2.44. The number of rotatable bonds is 3. The van der Waals surface area contributed by atoms with Crippen LogP contribution in [0.2, 0.25) is 0 Å². The van der Waals surface area contributed by atoms with Crippen LogP contribution in [0.1, 0.15) is 44.8 Å². The highest BCUT2D eigenvalue weighted by molar-refractivity contribution is 5.49. The zero-order chi connectivity index (χ0) is 15.0. The van der Waals surface area contributed by atoms with Gasteiger partial charge in [0.05, 0.1) is 6.10 Å². The second kappa shape index (κ2) is 5.16. The number of aliphatic hydroxyl groups excluding tert-OH is 1. The van der Waals surface area contributed by atoms with E-state index < -0.39 is 23.8 Å². The zero-order valence-electron chi connectivity index (χ0n) is 11.3. The maximum atomic E-state index is 12.4. The molecule has 1 atom stereocenters. The molecule has 0 unspecified atom stereocenters. The molecule has 1 aromatic rings. The van der Waals surface area contributed by atoms with Crippen LogP contribution in [0, 0.1) is 0 Å². The van der Waals surface area contributed by atoms with Crippen LogP contribution in [0.3, 0.4) is 0 Å². The van der Waals surface area contributed by atoms with Crippen LogP contribution in [0.4, 0.5) is 13.2 Å². The van der Waals surface area contributed by atoms with Crippen molar-refractivity contribution in [2.75, 3.05) is 0 Å². The van der Waals surface area contributed by atoms with Crippen LogP contribution >= 0.6 is 0 Å². The van der Waals surface area contributed by atoms with Gasteiger partial charge in [-0.05, 0) is 18.9 Å². The lowest BCUT2D eigenvalue weighted by Crippen LogP contribution is -2.40. The second-order valence-electron chi connectivity index (χ2n) is 4.93. The highest BCUT2D eigenvalue weighted by Crippen LogP contribution is 2.47. The fourth-order valence-corrected chi connectivity index (χ4v) is 2.51. The minimum atomic E-state index is -4.79. The van der Waals surface area contributed by atoms with Gasteiger partial charge in [0.1, 0.15) is 5.60 Å². The van der Waals surface area contributed by atoms with Crippen molar-refractivity contribution < 1.29 is 27.8 Å². The highest BCUT2D eigenvalue weighted by atomic mass is 19.4. The summed E-state index contributed by atoms with van der Waals surface area (Å²) in [5.74, 6) is -0.410. The van der Waals surface area contributed by atoms with E-state index in [2.05, 4.69) is 4.74 Å². The molecule has 1 heterocycles. The summed E-state index contributed by atoms with van der Waals surface area (Å²) >= 11 is 0. The van der Waals surface area contributed by atoms with Gasteiger partial charge in [0.2, 0.25) is 0 Å². The first-order valence-corrected chi connectivity index (χ1v) is 6.56. The van der Waals surface area contributed by atoms with Gasteiger partial charge in [0.25, 0.3) is 0 Å². The number of benzene rings is 1. The van der Waals surface area contributed by atoms with Crippen molar-refractivity contribution in [3.05, 3.63) is 23.8 Å². The number of para-hydroxylation sites is 1. The molecule has 1 aliphatic rings. The van der Waals surface area contributed by atoms with Crippen LogP contribution in [-0.2, 0) is 0 Å². The van der Waals surface area contributed by atoms with Gasteiger partial charge in [-0.25, -0.2) is 0 Å². The number of hydrogen-bond donors (Lipinski definition) is 1. The molecule has 20 heavy (non-hydrogen) atoms. The minimum Gasteiger partial charge on any atom is -0.483 e. The smallest absolute Gasteiger partial charge is 0.483 e. The Morgan fingerprint density at radius 3 is 2.55 bits per heavy atom. The molecular weight excluding hydrogens is 273 g/mol. The van der Waals surface area contributed by atoms with E-state index in [-0.39, 0.29) is 5.75 Å². The molecule has 0 fully saturated rings. The SMILES string of the molecule is CCC1(CC)C[C@H](O)c2cccc(OC(F)(F)F)c2O1. The van der Waals surface area contributed by atoms with Crippen molar-refractivity contribution in [3.63, 3.8) is 0 Å². The van der Waals surface area contributed by atoms with E-state index in [0.717, 1.165) is 0 Å². The Bertz CT molecular complexity index is 481. The zero-order valence-corrected chi connectivity index (χ0v) is 11.3. The van der Waals surface area contributed by atoms with Gasteiger partial charge in [0.15, 0.2) is 11.5 Å². The topological polar surface area (TPSA) is 38.7 Å². The fraction of sp³-hybridized carbons (Fsp3) is 0.571. The van der Waals surface area contributed by atoms with Gasteiger partial charge in [-0.1, -0.05) is 26.0 Å². The first-order valence-electron chi connectivity index (χ1n) is 6.56. The molecule has 0 radical (unpaired) electrons. The highest BCUT2D eigenvalue weighted by Gasteiger charge is 2.41. The molecule has 3 nitrogen and oxygen atoms in total. The number of alkyl halides is 3. The van der Waals surface area contributed by atoms with E-state index in [9.17, 15) is 18.3 Å². The normalized spacial score (nSPS) is 21.0. The quantitative estimate of drug-likeness (QED) is 0.915. The third kappa shape index (κ3) is 2.85. The van der Waals surface area contributed by atoms with Gasteiger partial charge >= 0.3 is 6.36 Å². The molecular formula is C14H17F3O3. The number of aliphatic hydroxyl groups is 1. The van der Waals surface area contributed by atoms with Crippen molar-refractivity contribution in [1.29, 1.82) is 0 Å². The third-order valence-electron chi connectivity index (χ3n) is 3.77. The van der Waals surface area contributed by atoms with Gasteiger partial charge in [0, 0.05) is 12.0 Å². The van der Waals surface area contributed by atoms with Crippen molar-refractivity contribution in [2.24, 2.45) is 0 Å². The monoisotopic (exact) mass is 290 g/mol. The summed E-state index contributed by atoms with van der Waals surface area (Å²) in [7, 11) is 0. The molecule has 1 N–H and O–H groups in total. The summed E-state index contributed by atoms with van der Waals surface area (Å²) in [6, 6.07) is 4.16. The third-order valence-corrected chi connectivity index (χ3v) is 3.77. The largest absolute Gasteiger partial charge is 0.573 e. The molecule has 112 valence electrons. The summed E-state index contributed by atoms with van der Waals surface area (Å²) in [5, 5.41) is 10.2. The van der Waals surface area contributed by atoms with Crippen LogP contribution in [0.25, 0.3) is 0 Å². The Morgan fingerprint density at radius 2 is 2.00 bits per heavy atom. The average Bonchev–Trinajstić information content (AvgIpc) is 2.38. The Morgan fingerprint density at radius 1 is 1.35 bits per heavy atom. The lowest BCUT2D eigenvalue weighted by atomic mass is 9.85. The fourth-order valence-electron chi connectivity index (χ4n) is 2.51. The molecule has 0 saturated heterocycles. The summed E-state index contributed by atoms with van der Waals surface area (Å²) in [6.07, 6.45) is -4.08. The number of halogens is 3. The summed E-state index contributed by atoms with van der Waals surface area (Å²) < 4.78 is 47.0. The van der Waals surface area contributed by atoms with Crippen molar-refractivity contribution in [3.8, 4) is 11.5 Å². The first-order chi connectivity index (χ1) is 9.30. The van der Waals surface area contributed by atoms with Crippen LogP contribution in [0.5, 0.6) is 11.5 Å². The lowest BCUT2D eigenvalue weighted by Gasteiger charge is -2.40. The maximum absolute atomic E-state index is 12.4. The maximum Gasteiger partial charge on any atom is 0.573 e. The molecule has 0 amide bonds. The van der Waals surface area contributed by atoms with Gasteiger partial charge in [-0.15, -0.1) is 13.2 Å². The molecule has 6 heteroatoms.